The molecule has 0 aromatic carbocycles. The quantitative estimate of drug-likeness (QED) is 0.685. The predicted molar refractivity (Wildman–Crippen MR) is 53.0 cm³/mol. The molecule has 1 heterocycles. The first-order valence-electron chi connectivity index (χ1n) is 4.62. The van der Waals surface area contributed by atoms with Gasteiger partial charge in [0.05, 0.1) is 6.61 Å². The van der Waals surface area contributed by atoms with Crippen molar-refractivity contribution in [1.82, 2.24) is 9.97 Å². The van der Waals surface area contributed by atoms with Crippen LogP contribution in [-0.4, -0.2) is 29.8 Å². The van der Waals surface area contributed by atoms with Crippen LogP contribution in [0.15, 0.2) is 12.3 Å². The van der Waals surface area contributed by atoms with E-state index >= 15 is 0 Å². The van der Waals surface area contributed by atoms with Crippen LogP contribution in [0.2, 0.25) is 0 Å². The maximum atomic E-state index is 5.38. The molecule has 0 fully saturated rings. The second kappa shape index (κ2) is 6.15. The van der Waals surface area contributed by atoms with Crippen LogP contribution in [0, 0.1) is 0 Å². The summed E-state index contributed by atoms with van der Waals surface area (Å²) >= 11 is 0. The van der Waals surface area contributed by atoms with E-state index in [9.17, 15) is 0 Å². The Morgan fingerprint density at radius 1 is 1.36 bits per heavy atom. The van der Waals surface area contributed by atoms with Crippen LogP contribution in [-0.2, 0) is 4.74 Å². The molecule has 0 aliphatic carbocycles. The van der Waals surface area contributed by atoms with Gasteiger partial charge >= 0.3 is 0 Å². The monoisotopic (exact) mass is 197 g/mol. The Morgan fingerprint density at radius 2 is 2.21 bits per heavy atom. The number of nitrogens with two attached hydrogens (primary N) is 1. The minimum Gasteiger partial charge on any atom is -0.475 e. The topological polar surface area (TPSA) is 70.3 Å². The van der Waals surface area contributed by atoms with Gasteiger partial charge in [0.15, 0.2) is 0 Å². The molecular formula is C9H15N3O2. The van der Waals surface area contributed by atoms with Crippen molar-refractivity contribution in [3.8, 4) is 5.88 Å². The molecule has 5 heteroatoms. The smallest absolute Gasteiger partial charge is 0.223 e. The molecule has 2 N–H and O–H groups in total. The van der Waals surface area contributed by atoms with Gasteiger partial charge in [0.2, 0.25) is 11.8 Å². The average molecular weight is 197 g/mol. The first-order valence-corrected chi connectivity index (χ1v) is 4.62. The minimum atomic E-state index is 0.219. The van der Waals surface area contributed by atoms with Gasteiger partial charge in [-0.05, 0) is 6.42 Å². The van der Waals surface area contributed by atoms with Crippen molar-refractivity contribution in [3.63, 3.8) is 0 Å². The van der Waals surface area contributed by atoms with Gasteiger partial charge in [0, 0.05) is 18.9 Å². The summed E-state index contributed by atoms with van der Waals surface area (Å²) in [5, 5.41) is 0. The van der Waals surface area contributed by atoms with E-state index in [4.69, 9.17) is 15.2 Å². The average Bonchev–Trinajstić information content (AvgIpc) is 2.18. The number of aromatic nitrogens is 2. The van der Waals surface area contributed by atoms with Crippen LogP contribution in [0.25, 0.3) is 0 Å². The molecule has 0 saturated heterocycles. The van der Waals surface area contributed by atoms with Crippen molar-refractivity contribution in [2.45, 2.75) is 13.3 Å². The lowest BCUT2D eigenvalue weighted by atomic mass is 10.5. The van der Waals surface area contributed by atoms with E-state index in [2.05, 4.69) is 16.9 Å². The van der Waals surface area contributed by atoms with Crippen LogP contribution in [0.5, 0.6) is 5.88 Å². The lowest BCUT2D eigenvalue weighted by molar-refractivity contribution is 0.0990. The molecule has 0 aliphatic rings. The van der Waals surface area contributed by atoms with Gasteiger partial charge in [0.1, 0.15) is 6.61 Å². The molecule has 0 spiro atoms. The zero-order valence-corrected chi connectivity index (χ0v) is 8.27. The van der Waals surface area contributed by atoms with Crippen LogP contribution in [0.3, 0.4) is 0 Å². The van der Waals surface area contributed by atoms with E-state index in [1.165, 1.54) is 0 Å². The zero-order valence-electron chi connectivity index (χ0n) is 8.27. The summed E-state index contributed by atoms with van der Waals surface area (Å²) in [6.07, 6.45) is 2.57. The van der Waals surface area contributed by atoms with Gasteiger partial charge in [-0.25, -0.2) is 4.98 Å². The molecule has 0 unspecified atom stereocenters. The number of rotatable bonds is 6. The number of ether oxygens (including phenoxy) is 2. The normalized spacial score (nSPS) is 10.1. The summed E-state index contributed by atoms with van der Waals surface area (Å²) in [6.45, 7) is 3.87. The molecule has 14 heavy (non-hydrogen) atoms. The first kappa shape index (κ1) is 10.7. The molecule has 1 aromatic heterocycles. The molecule has 0 bridgehead atoms. The number of anilines is 1. The van der Waals surface area contributed by atoms with Crippen LogP contribution in [0.1, 0.15) is 13.3 Å². The van der Waals surface area contributed by atoms with Crippen LogP contribution in [0.4, 0.5) is 5.95 Å². The summed E-state index contributed by atoms with van der Waals surface area (Å²) in [6, 6.07) is 1.66. The van der Waals surface area contributed by atoms with Gasteiger partial charge in [0.25, 0.3) is 0 Å². The number of nitrogen functional groups attached to an aromatic ring is 1. The van der Waals surface area contributed by atoms with E-state index in [0.717, 1.165) is 13.0 Å². The Morgan fingerprint density at radius 3 is 2.93 bits per heavy atom. The standard InChI is InChI=1S/C9H15N3O2/c1-2-5-13-6-7-14-8-3-4-11-9(10)12-8/h3-4H,2,5-7H2,1H3,(H2,10,11,12). The van der Waals surface area contributed by atoms with E-state index < -0.39 is 0 Å². The number of nitrogens with zero attached hydrogens (tertiary/aromatic N) is 2. The Kier molecular flexibility index (Phi) is 4.71. The molecule has 0 saturated carbocycles. The molecule has 0 radical (unpaired) electrons. The van der Waals surface area contributed by atoms with Crippen molar-refractivity contribution < 1.29 is 9.47 Å². The molecular weight excluding hydrogens is 182 g/mol. The summed E-state index contributed by atoms with van der Waals surface area (Å²) in [7, 11) is 0. The van der Waals surface area contributed by atoms with Gasteiger partial charge < -0.3 is 15.2 Å². The lowest BCUT2D eigenvalue weighted by Crippen LogP contribution is -2.08. The van der Waals surface area contributed by atoms with Gasteiger partial charge in [-0.2, -0.15) is 4.98 Å². The highest BCUT2D eigenvalue weighted by molar-refractivity contribution is 5.20. The molecule has 0 amide bonds. The third-order valence-electron chi connectivity index (χ3n) is 1.47. The molecule has 0 aliphatic heterocycles. The summed E-state index contributed by atoms with van der Waals surface area (Å²) in [4.78, 5) is 7.63. The van der Waals surface area contributed by atoms with Crippen molar-refractivity contribution in [3.05, 3.63) is 12.3 Å². The van der Waals surface area contributed by atoms with Crippen molar-refractivity contribution in [2.24, 2.45) is 0 Å². The number of hydrogen-bond donors (Lipinski definition) is 1. The first-order chi connectivity index (χ1) is 6.83. The Bertz CT molecular complexity index is 268. The lowest BCUT2D eigenvalue weighted by Gasteiger charge is -2.05. The second-order valence-electron chi connectivity index (χ2n) is 2.71. The summed E-state index contributed by atoms with van der Waals surface area (Å²) < 4.78 is 10.5. The number of hydrogen-bond acceptors (Lipinski definition) is 5. The zero-order chi connectivity index (χ0) is 10.2. The largest absolute Gasteiger partial charge is 0.475 e. The molecule has 1 aromatic rings. The summed E-state index contributed by atoms with van der Waals surface area (Å²) in [5.41, 5.74) is 5.38. The molecule has 78 valence electrons. The van der Waals surface area contributed by atoms with Crippen LogP contribution >= 0.6 is 0 Å². The minimum absolute atomic E-state index is 0.219. The van der Waals surface area contributed by atoms with Crippen LogP contribution < -0.4 is 10.5 Å². The maximum absolute atomic E-state index is 5.38. The Labute approximate surface area is 83.3 Å². The highest BCUT2D eigenvalue weighted by Gasteiger charge is 1.95. The fraction of sp³-hybridized carbons (Fsp3) is 0.556. The van der Waals surface area contributed by atoms with E-state index in [1.807, 2.05) is 0 Å². The predicted octanol–water partition coefficient (Wildman–Crippen LogP) is 0.864. The third-order valence-corrected chi connectivity index (χ3v) is 1.47. The SMILES string of the molecule is CCCOCCOc1ccnc(N)n1. The molecule has 1 rings (SSSR count). The van der Waals surface area contributed by atoms with Crippen molar-refractivity contribution >= 4 is 5.95 Å². The van der Waals surface area contributed by atoms with Gasteiger partial charge in [-0.3, -0.25) is 0 Å². The van der Waals surface area contributed by atoms with Gasteiger partial charge in [-0.15, -0.1) is 0 Å². The second-order valence-corrected chi connectivity index (χ2v) is 2.71. The third kappa shape index (κ3) is 4.04. The fourth-order valence-electron chi connectivity index (χ4n) is 0.888. The van der Waals surface area contributed by atoms with Crippen molar-refractivity contribution in [1.29, 1.82) is 0 Å². The highest BCUT2D eigenvalue weighted by atomic mass is 16.5. The molecule has 5 nitrogen and oxygen atoms in total. The maximum Gasteiger partial charge on any atom is 0.223 e. The van der Waals surface area contributed by atoms with Crippen molar-refractivity contribution in [2.75, 3.05) is 25.6 Å². The van der Waals surface area contributed by atoms with E-state index in [1.54, 1.807) is 12.3 Å². The van der Waals surface area contributed by atoms with Gasteiger partial charge in [-0.1, -0.05) is 6.92 Å². The fourth-order valence-corrected chi connectivity index (χ4v) is 0.888. The van der Waals surface area contributed by atoms with E-state index in [0.29, 0.717) is 19.1 Å². The van der Waals surface area contributed by atoms with E-state index in [-0.39, 0.29) is 5.95 Å². The Hall–Kier alpha value is -1.36. The Balaban J connectivity index is 2.18. The highest BCUT2D eigenvalue weighted by Crippen LogP contribution is 2.04. The molecule has 0 atom stereocenters. The summed E-state index contributed by atoms with van der Waals surface area (Å²) in [5.74, 6) is 0.703.